The topological polar surface area (TPSA) is 0 Å². The minimum absolute atomic E-state index is 0.288. The molecule has 94 valence electrons. The molecule has 0 spiro atoms. The smallest absolute Gasteiger partial charge is 0.129 e. The Bertz CT molecular complexity index is 560. The molecule has 0 aliphatic carbocycles. The van der Waals surface area contributed by atoms with E-state index in [2.05, 4.69) is 22.0 Å². The summed E-state index contributed by atoms with van der Waals surface area (Å²) in [6, 6.07) is 10.9. The third-order valence-electron chi connectivity index (χ3n) is 2.95. The van der Waals surface area contributed by atoms with Crippen molar-refractivity contribution in [2.75, 3.05) is 0 Å². The molecule has 2 rings (SSSR count). The van der Waals surface area contributed by atoms with Gasteiger partial charge in [-0.25, -0.2) is 4.39 Å². The van der Waals surface area contributed by atoms with Gasteiger partial charge in [-0.2, -0.15) is 0 Å². The largest absolute Gasteiger partial charge is 0.207 e. The van der Waals surface area contributed by atoms with Gasteiger partial charge in [-0.3, -0.25) is 0 Å². The molecule has 0 saturated carbocycles. The van der Waals surface area contributed by atoms with Gasteiger partial charge in [0.25, 0.3) is 0 Å². The molecule has 0 aliphatic rings. The Morgan fingerprint density at radius 1 is 1.17 bits per heavy atom. The molecule has 0 aliphatic heterocycles. The van der Waals surface area contributed by atoms with E-state index in [1.54, 1.807) is 12.1 Å². The Morgan fingerprint density at radius 3 is 2.50 bits per heavy atom. The van der Waals surface area contributed by atoms with Crippen molar-refractivity contribution in [1.82, 2.24) is 0 Å². The quantitative estimate of drug-likeness (QED) is 0.636. The van der Waals surface area contributed by atoms with Gasteiger partial charge in [-0.1, -0.05) is 45.8 Å². The summed E-state index contributed by atoms with van der Waals surface area (Å²) in [4.78, 5) is 0. The predicted molar refractivity (Wildman–Crippen MR) is 77.7 cm³/mol. The molecular weight excluding hydrogens is 315 g/mol. The Kier molecular flexibility index (Phi) is 4.08. The summed E-state index contributed by atoms with van der Waals surface area (Å²) < 4.78 is 14.6. The van der Waals surface area contributed by atoms with Crippen LogP contribution in [0, 0.1) is 19.7 Å². The minimum atomic E-state index is -0.485. The summed E-state index contributed by atoms with van der Waals surface area (Å²) >= 11 is 9.79. The second-order valence-electron chi connectivity index (χ2n) is 4.36. The zero-order chi connectivity index (χ0) is 13.3. The van der Waals surface area contributed by atoms with Gasteiger partial charge in [-0.15, -0.1) is 11.6 Å². The van der Waals surface area contributed by atoms with Crippen LogP contribution in [0.2, 0.25) is 0 Å². The van der Waals surface area contributed by atoms with Gasteiger partial charge in [-0.05, 0) is 37.1 Å². The van der Waals surface area contributed by atoms with E-state index in [-0.39, 0.29) is 5.82 Å². The van der Waals surface area contributed by atoms with Gasteiger partial charge in [0.15, 0.2) is 0 Å². The summed E-state index contributed by atoms with van der Waals surface area (Å²) in [6.07, 6.45) is 0. The molecule has 0 N–H and O–H groups in total. The maximum absolute atomic E-state index is 13.9. The first kappa shape index (κ1) is 13.6. The molecule has 0 amide bonds. The fourth-order valence-corrected chi connectivity index (χ4v) is 3.19. The third-order valence-corrected chi connectivity index (χ3v) is 4.10. The van der Waals surface area contributed by atoms with Gasteiger partial charge in [0, 0.05) is 10.0 Å². The van der Waals surface area contributed by atoms with Gasteiger partial charge in [0.05, 0.1) is 5.38 Å². The van der Waals surface area contributed by atoms with Crippen LogP contribution in [0.4, 0.5) is 4.39 Å². The number of hydrogen-bond donors (Lipinski definition) is 0. The average molecular weight is 328 g/mol. The van der Waals surface area contributed by atoms with Crippen LogP contribution in [0.1, 0.15) is 27.6 Å². The molecule has 0 nitrogen and oxygen atoms in total. The van der Waals surface area contributed by atoms with Crippen LogP contribution < -0.4 is 0 Å². The first-order valence-corrected chi connectivity index (χ1v) is 6.89. The van der Waals surface area contributed by atoms with E-state index in [0.29, 0.717) is 10.0 Å². The lowest BCUT2D eigenvalue weighted by Crippen LogP contribution is -2.00. The number of halogens is 3. The summed E-state index contributed by atoms with van der Waals surface area (Å²) in [6.45, 7) is 4.02. The molecule has 0 radical (unpaired) electrons. The highest BCUT2D eigenvalue weighted by Crippen LogP contribution is 2.37. The van der Waals surface area contributed by atoms with Gasteiger partial charge in [0.2, 0.25) is 0 Å². The van der Waals surface area contributed by atoms with Gasteiger partial charge < -0.3 is 0 Å². The minimum Gasteiger partial charge on any atom is -0.207 e. The number of aryl methyl sites for hydroxylation is 2. The Hall–Kier alpha value is -0.860. The molecule has 0 heterocycles. The van der Waals surface area contributed by atoms with Crippen LogP contribution >= 0.6 is 27.5 Å². The van der Waals surface area contributed by atoms with Gasteiger partial charge in [0.1, 0.15) is 5.82 Å². The standard InChI is InChI=1S/C15H13BrClF/c1-9-6-7-11(10(2)8-9)15(17)14-12(16)4-3-5-13(14)18/h3-8,15H,1-2H3. The summed E-state index contributed by atoms with van der Waals surface area (Å²) in [5.74, 6) is -0.288. The second kappa shape index (κ2) is 5.41. The molecule has 0 saturated heterocycles. The van der Waals surface area contributed by atoms with Crippen molar-refractivity contribution in [3.05, 3.63) is 68.9 Å². The van der Waals surface area contributed by atoms with Crippen molar-refractivity contribution >= 4 is 27.5 Å². The van der Waals surface area contributed by atoms with Crippen LogP contribution in [0.25, 0.3) is 0 Å². The summed E-state index contributed by atoms with van der Waals surface area (Å²) in [5, 5.41) is -0.485. The molecular formula is C15H13BrClF. The predicted octanol–water partition coefficient (Wildman–Crippen LogP) is 5.53. The molecule has 18 heavy (non-hydrogen) atoms. The Morgan fingerprint density at radius 2 is 1.89 bits per heavy atom. The SMILES string of the molecule is Cc1ccc(C(Cl)c2c(F)cccc2Br)c(C)c1. The van der Waals surface area contributed by atoms with Crippen LogP contribution in [0.15, 0.2) is 40.9 Å². The monoisotopic (exact) mass is 326 g/mol. The number of benzene rings is 2. The van der Waals surface area contributed by atoms with E-state index in [1.807, 2.05) is 26.0 Å². The van der Waals surface area contributed by atoms with E-state index >= 15 is 0 Å². The Labute approximate surface area is 120 Å². The van der Waals surface area contributed by atoms with E-state index in [4.69, 9.17) is 11.6 Å². The van der Waals surface area contributed by atoms with Crippen molar-refractivity contribution in [2.45, 2.75) is 19.2 Å². The van der Waals surface area contributed by atoms with Crippen molar-refractivity contribution in [3.8, 4) is 0 Å². The van der Waals surface area contributed by atoms with Crippen molar-refractivity contribution in [3.63, 3.8) is 0 Å². The van der Waals surface area contributed by atoms with Crippen LogP contribution in [-0.4, -0.2) is 0 Å². The van der Waals surface area contributed by atoms with Crippen molar-refractivity contribution in [2.24, 2.45) is 0 Å². The van der Waals surface area contributed by atoms with E-state index in [9.17, 15) is 4.39 Å². The summed E-state index contributed by atoms with van der Waals surface area (Å²) in [7, 11) is 0. The fraction of sp³-hybridized carbons (Fsp3) is 0.200. The van der Waals surface area contributed by atoms with Gasteiger partial charge >= 0.3 is 0 Å². The lowest BCUT2D eigenvalue weighted by molar-refractivity contribution is 0.611. The molecule has 2 aromatic rings. The number of hydrogen-bond acceptors (Lipinski definition) is 0. The molecule has 2 aromatic carbocycles. The lowest BCUT2D eigenvalue weighted by atomic mass is 9.98. The van der Waals surface area contributed by atoms with E-state index in [0.717, 1.165) is 11.1 Å². The first-order valence-electron chi connectivity index (χ1n) is 5.66. The molecule has 1 atom stereocenters. The average Bonchev–Trinajstić information content (AvgIpc) is 2.28. The molecule has 3 heteroatoms. The van der Waals surface area contributed by atoms with Crippen LogP contribution in [0.5, 0.6) is 0 Å². The second-order valence-corrected chi connectivity index (χ2v) is 5.65. The maximum Gasteiger partial charge on any atom is 0.129 e. The summed E-state index contributed by atoms with van der Waals surface area (Å²) in [5.41, 5.74) is 3.68. The highest BCUT2D eigenvalue weighted by molar-refractivity contribution is 9.10. The molecule has 0 bridgehead atoms. The zero-order valence-corrected chi connectivity index (χ0v) is 12.5. The maximum atomic E-state index is 13.9. The highest BCUT2D eigenvalue weighted by atomic mass is 79.9. The Balaban J connectivity index is 2.51. The van der Waals surface area contributed by atoms with E-state index in [1.165, 1.54) is 11.6 Å². The zero-order valence-electron chi connectivity index (χ0n) is 10.2. The lowest BCUT2D eigenvalue weighted by Gasteiger charge is -2.16. The number of rotatable bonds is 2. The van der Waals surface area contributed by atoms with Crippen LogP contribution in [-0.2, 0) is 0 Å². The molecule has 0 aromatic heterocycles. The molecule has 0 fully saturated rings. The normalized spacial score (nSPS) is 12.5. The van der Waals surface area contributed by atoms with Crippen LogP contribution in [0.3, 0.4) is 0 Å². The van der Waals surface area contributed by atoms with Crippen molar-refractivity contribution < 1.29 is 4.39 Å². The van der Waals surface area contributed by atoms with E-state index < -0.39 is 5.38 Å². The number of alkyl halides is 1. The first-order chi connectivity index (χ1) is 8.50. The van der Waals surface area contributed by atoms with Crippen molar-refractivity contribution in [1.29, 1.82) is 0 Å². The molecule has 1 unspecified atom stereocenters. The fourth-order valence-electron chi connectivity index (χ4n) is 2.02. The highest BCUT2D eigenvalue weighted by Gasteiger charge is 2.19. The third kappa shape index (κ3) is 2.60.